The van der Waals surface area contributed by atoms with Crippen LogP contribution in [0.25, 0.3) is 0 Å². The molecule has 0 aliphatic heterocycles. The molecule has 0 unspecified atom stereocenters. The molecule has 9 heavy (non-hydrogen) atoms. The molecule has 0 aromatic carbocycles. The average molecular weight is 327 g/mol. The molecule has 0 heterocycles. The number of carbonyl (C=O) groups is 1. The van der Waals surface area contributed by atoms with Crippen LogP contribution >= 0.6 is 47.8 Å². The van der Waals surface area contributed by atoms with Crippen LogP contribution in [0.3, 0.4) is 0 Å². The van der Waals surface area contributed by atoms with Crippen LogP contribution in [0.4, 0.5) is 4.79 Å². The molecule has 0 fully saturated rings. The van der Waals surface area contributed by atoms with Crippen molar-refractivity contribution in [1.82, 2.24) is 0 Å². The van der Waals surface area contributed by atoms with Crippen LogP contribution < -0.4 is 0 Å². The molecule has 0 atom stereocenters. The van der Waals surface area contributed by atoms with Crippen LogP contribution in [0.1, 0.15) is 0 Å². The first-order valence-electron chi connectivity index (χ1n) is 1.54. The van der Waals surface area contributed by atoms with Crippen molar-refractivity contribution >= 4 is 53.9 Å². The largest absolute Gasteiger partial charge is 0.503 e. The van der Waals surface area contributed by atoms with Gasteiger partial charge in [-0.1, -0.05) is 15.9 Å². The number of carboxylic acid groups (broad SMARTS) is 2. The summed E-state index contributed by atoms with van der Waals surface area (Å²) in [5.41, 5.74) is 0. The van der Waals surface area contributed by atoms with Crippen molar-refractivity contribution in [2.45, 2.75) is 0 Å². The van der Waals surface area contributed by atoms with Gasteiger partial charge in [0, 0.05) is 4.99 Å². The predicted octanol–water partition coefficient (Wildman–Crippen LogP) is 3.19. The van der Waals surface area contributed by atoms with Gasteiger partial charge in [-0.05, 0) is 31.9 Å². The zero-order valence-corrected chi connectivity index (χ0v) is 8.77. The van der Waals surface area contributed by atoms with Gasteiger partial charge in [0.1, 0.15) is 0 Å². The third kappa shape index (κ3) is 58.6. The van der Waals surface area contributed by atoms with Crippen LogP contribution in [-0.2, 0) is 0 Å². The Kier molecular flexibility index (Phi) is 11.4. The molecule has 3 nitrogen and oxygen atoms in total. The van der Waals surface area contributed by atoms with Crippen LogP contribution in [0.5, 0.6) is 0 Å². The maximum atomic E-state index is 8.56. The second kappa shape index (κ2) is 8.45. The normalized spacial score (nSPS) is 6.56. The second-order valence-corrected chi connectivity index (χ2v) is 3.91. The fraction of sp³-hybridized carbons (Fsp3) is 0. The molecule has 0 aliphatic rings. The fourth-order valence-corrected chi connectivity index (χ4v) is 0. The molecule has 0 aromatic heterocycles. The van der Waals surface area contributed by atoms with Crippen molar-refractivity contribution in [2.75, 3.05) is 0 Å². The summed E-state index contributed by atoms with van der Waals surface area (Å²) >= 11 is 9.27. The average Bonchev–Trinajstić information content (AvgIpc) is 1.65. The number of hydrogen-bond acceptors (Lipinski definition) is 1. The van der Waals surface area contributed by atoms with E-state index in [0.29, 0.717) is 0 Å². The van der Waals surface area contributed by atoms with Gasteiger partial charge in [-0.3, -0.25) is 0 Å². The van der Waals surface area contributed by atoms with Gasteiger partial charge in [0.05, 0.1) is 3.39 Å². The summed E-state index contributed by atoms with van der Waals surface area (Å²) in [4.78, 5) is 10.3. The van der Waals surface area contributed by atoms with Crippen LogP contribution in [-0.4, -0.2) is 16.4 Å². The van der Waals surface area contributed by atoms with Crippen molar-refractivity contribution < 1.29 is 15.0 Å². The molecule has 0 bridgehead atoms. The summed E-state index contributed by atoms with van der Waals surface area (Å²) in [6, 6.07) is 0. The van der Waals surface area contributed by atoms with Gasteiger partial charge in [0.2, 0.25) is 0 Å². The van der Waals surface area contributed by atoms with E-state index in [2.05, 4.69) is 47.8 Å². The van der Waals surface area contributed by atoms with Gasteiger partial charge < -0.3 is 10.2 Å². The Morgan fingerprint density at radius 1 is 1.33 bits per heavy atom. The lowest BCUT2D eigenvalue weighted by atomic mass is 11.3. The molecule has 0 rings (SSSR count). The minimum Gasteiger partial charge on any atom is -0.450 e. The maximum absolute atomic E-state index is 8.56. The highest BCUT2D eigenvalue weighted by atomic mass is 79.9. The lowest BCUT2D eigenvalue weighted by Gasteiger charge is -1.66. The Hall–Kier alpha value is 0.450. The summed E-state index contributed by atoms with van der Waals surface area (Å²) in [5, 5.41) is 13.9. The van der Waals surface area contributed by atoms with E-state index in [-0.39, 0.29) is 0 Å². The van der Waals surface area contributed by atoms with Crippen LogP contribution in [0.15, 0.2) is 8.38 Å². The van der Waals surface area contributed by atoms with Gasteiger partial charge in [-0.2, -0.15) is 0 Å². The molecule has 0 aliphatic carbocycles. The van der Waals surface area contributed by atoms with Crippen molar-refractivity contribution in [1.29, 1.82) is 0 Å². The minimum atomic E-state index is -1.83. The Morgan fingerprint density at radius 2 is 1.44 bits per heavy atom. The maximum Gasteiger partial charge on any atom is 0.503 e. The third-order valence-corrected chi connectivity index (χ3v) is 2.23. The Morgan fingerprint density at radius 3 is 1.44 bits per heavy atom. The fourth-order valence-electron chi connectivity index (χ4n) is 0. The quantitative estimate of drug-likeness (QED) is 0.718. The van der Waals surface area contributed by atoms with Gasteiger partial charge in [-0.25, -0.2) is 4.79 Å². The van der Waals surface area contributed by atoms with E-state index in [1.165, 1.54) is 0 Å². The Labute approximate surface area is 77.1 Å². The zero-order valence-electron chi connectivity index (χ0n) is 4.01. The topological polar surface area (TPSA) is 57.5 Å². The number of hydrogen-bond donors (Lipinski definition) is 2. The molecule has 0 saturated heterocycles. The second-order valence-electron chi connectivity index (χ2n) is 0.681. The molecule has 0 aromatic rings. The van der Waals surface area contributed by atoms with Crippen LogP contribution in [0, 0.1) is 0 Å². The van der Waals surface area contributed by atoms with E-state index in [9.17, 15) is 0 Å². The first kappa shape index (κ1) is 12.2. The van der Waals surface area contributed by atoms with Crippen molar-refractivity contribution in [3.63, 3.8) is 0 Å². The standard InChI is InChI=1S/C2HBr3.CH2O3/c3-1-2(4)5;2-1(3)4/h1H;(H2,2,3,4). The van der Waals surface area contributed by atoms with Crippen LogP contribution in [0.2, 0.25) is 0 Å². The summed E-state index contributed by atoms with van der Waals surface area (Å²) in [5.74, 6) is 0. The predicted molar refractivity (Wildman–Crippen MR) is 45.5 cm³/mol. The highest BCUT2D eigenvalue weighted by molar-refractivity contribution is 9.29. The molecule has 54 valence electrons. The van der Waals surface area contributed by atoms with E-state index < -0.39 is 6.16 Å². The van der Waals surface area contributed by atoms with E-state index in [1.54, 1.807) is 4.99 Å². The van der Waals surface area contributed by atoms with E-state index in [0.717, 1.165) is 3.39 Å². The van der Waals surface area contributed by atoms with Gasteiger partial charge >= 0.3 is 6.16 Å². The molecule has 0 saturated carbocycles. The van der Waals surface area contributed by atoms with E-state index in [4.69, 9.17) is 15.0 Å². The van der Waals surface area contributed by atoms with Crippen molar-refractivity contribution in [3.05, 3.63) is 8.38 Å². The third-order valence-electron chi connectivity index (χ3n) is 0.0825. The van der Waals surface area contributed by atoms with E-state index in [1.807, 2.05) is 0 Å². The Balaban J connectivity index is 0. The molecule has 0 spiro atoms. The highest BCUT2D eigenvalue weighted by Gasteiger charge is 1.70. The van der Waals surface area contributed by atoms with E-state index >= 15 is 0 Å². The number of rotatable bonds is 0. The summed E-state index contributed by atoms with van der Waals surface area (Å²) in [6.45, 7) is 0. The summed E-state index contributed by atoms with van der Waals surface area (Å²) in [7, 11) is 0. The summed E-state index contributed by atoms with van der Waals surface area (Å²) in [6.07, 6.45) is -1.83. The molecule has 0 amide bonds. The lowest BCUT2D eigenvalue weighted by molar-refractivity contribution is 0.137. The van der Waals surface area contributed by atoms with Crippen molar-refractivity contribution in [3.8, 4) is 0 Å². The SMILES string of the molecule is BrC=C(Br)Br.O=C(O)O. The molecular formula is C3H3Br3O3. The molecular weight excluding hydrogens is 324 g/mol. The van der Waals surface area contributed by atoms with Gasteiger partial charge in [0.15, 0.2) is 0 Å². The molecule has 0 radical (unpaired) electrons. The lowest BCUT2D eigenvalue weighted by Crippen LogP contribution is -1.81. The van der Waals surface area contributed by atoms with Gasteiger partial charge in [0.25, 0.3) is 0 Å². The van der Waals surface area contributed by atoms with Crippen molar-refractivity contribution in [2.24, 2.45) is 0 Å². The first-order chi connectivity index (χ1) is 4.00. The monoisotopic (exact) mass is 324 g/mol. The summed E-state index contributed by atoms with van der Waals surface area (Å²) < 4.78 is 0.921. The molecule has 2 N–H and O–H groups in total. The Bertz CT molecular complexity index is 103. The number of halogens is 3. The minimum absolute atomic E-state index is 0.921. The highest BCUT2D eigenvalue weighted by Crippen LogP contribution is 2.13. The molecule has 6 heteroatoms. The van der Waals surface area contributed by atoms with Gasteiger partial charge in [-0.15, -0.1) is 0 Å². The first-order valence-corrected chi connectivity index (χ1v) is 4.04. The zero-order chi connectivity index (χ0) is 7.86. The smallest absolute Gasteiger partial charge is 0.450 e.